The molecule has 2 unspecified atom stereocenters. The minimum absolute atomic E-state index is 0.0148. The van der Waals surface area contributed by atoms with Crippen LogP contribution in [-0.2, 0) is 24.2 Å². The van der Waals surface area contributed by atoms with Crippen LogP contribution in [0.5, 0.6) is 0 Å². The van der Waals surface area contributed by atoms with Crippen LogP contribution in [0.2, 0.25) is 0 Å². The van der Waals surface area contributed by atoms with Crippen molar-refractivity contribution in [3.63, 3.8) is 0 Å². The number of carbonyl (C=O) groups is 3. The molecule has 2 aromatic rings. The van der Waals surface area contributed by atoms with Gasteiger partial charge in [-0.3, -0.25) is 19.5 Å². The SMILES string of the molecule is CC(C)C(OC(=O)CCNC(=O)c1n[nH]c2ccccc12)C(=O)NC1(C)CCS(=O)(=O)C1. The van der Waals surface area contributed by atoms with Gasteiger partial charge in [-0.15, -0.1) is 0 Å². The highest BCUT2D eigenvalue weighted by Crippen LogP contribution is 2.23. The molecule has 3 N–H and O–H groups in total. The molecule has 2 atom stereocenters. The number of esters is 1. The summed E-state index contributed by atoms with van der Waals surface area (Å²) in [6.45, 7) is 5.15. The molecule has 0 radical (unpaired) electrons. The molecule has 11 heteroatoms. The van der Waals surface area contributed by atoms with Crippen molar-refractivity contribution in [1.29, 1.82) is 0 Å². The van der Waals surface area contributed by atoms with E-state index in [1.54, 1.807) is 39.0 Å². The number of rotatable bonds is 8. The maximum absolute atomic E-state index is 12.7. The Morgan fingerprint density at radius 2 is 1.97 bits per heavy atom. The van der Waals surface area contributed by atoms with E-state index in [2.05, 4.69) is 20.8 Å². The third-order valence-electron chi connectivity index (χ3n) is 5.35. The summed E-state index contributed by atoms with van der Waals surface area (Å²) in [6, 6.07) is 7.19. The molecule has 2 amide bonds. The molecule has 10 nitrogen and oxygen atoms in total. The molecule has 1 aromatic heterocycles. The van der Waals surface area contributed by atoms with E-state index in [-0.39, 0.29) is 36.1 Å². The highest BCUT2D eigenvalue weighted by atomic mass is 32.2. The first-order chi connectivity index (χ1) is 15.0. The second kappa shape index (κ2) is 9.27. The van der Waals surface area contributed by atoms with Crippen molar-refractivity contribution < 1.29 is 27.5 Å². The van der Waals surface area contributed by atoms with Crippen LogP contribution < -0.4 is 10.6 Å². The van der Waals surface area contributed by atoms with Crippen molar-refractivity contribution in [2.45, 2.75) is 45.3 Å². The van der Waals surface area contributed by atoms with Gasteiger partial charge in [-0.05, 0) is 25.3 Å². The lowest BCUT2D eigenvalue weighted by atomic mass is 9.99. The summed E-state index contributed by atoms with van der Waals surface area (Å²) in [5.74, 6) is -2.04. The molecule has 1 fully saturated rings. The van der Waals surface area contributed by atoms with Crippen molar-refractivity contribution >= 4 is 38.5 Å². The van der Waals surface area contributed by atoms with E-state index in [0.717, 1.165) is 5.52 Å². The number of para-hydroxylation sites is 1. The maximum Gasteiger partial charge on any atom is 0.308 e. The van der Waals surface area contributed by atoms with Crippen LogP contribution in [0.4, 0.5) is 0 Å². The third-order valence-corrected chi connectivity index (χ3v) is 7.25. The zero-order chi connectivity index (χ0) is 23.5. The number of ether oxygens (including phenoxy) is 1. The molecule has 1 aliphatic heterocycles. The molecule has 1 aliphatic rings. The van der Waals surface area contributed by atoms with E-state index in [9.17, 15) is 22.8 Å². The van der Waals surface area contributed by atoms with E-state index >= 15 is 0 Å². The number of benzene rings is 1. The average Bonchev–Trinajstić information content (AvgIpc) is 3.25. The summed E-state index contributed by atoms with van der Waals surface area (Å²) in [5, 5.41) is 12.8. The van der Waals surface area contributed by atoms with Gasteiger partial charge in [0, 0.05) is 11.9 Å². The van der Waals surface area contributed by atoms with Gasteiger partial charge in [0.1, 0.15) is 0 Å². The molecular weight excluding hydrogens is 436 g/mol. The highest BCUT2D eigenvalue weighted by molar-refractivity contribution is 7.91. The fourth-order valence-electron chi connectivity index (χ4n) is 3.67. The summed E-state index contributed by atoms with van der Waals surface area (Å²) in [6.07, 6.45) is -0.877. The summed E-state index contributed by atoms with van der Waals surface area (Å²) in [4.78, 5) is 37.3. The molecule has 32 heavy (non-hydrogen) atoms. The number of nitrogens with one attached hydrogen (secondary N) is 3. The normalized spacial score (nSPS) is 20.8. The second-order valence-corrected chi connectivity index (χ2v) is 10.9. The maximum atomic E-state index is 12.7. The van der Waals surface area contributed by atoms with Crippen molar-refractivity contribution in [3.8, 4) is 0 Å². The Labute approximate surface area is 186 Å². The minimum atomic E-state index is -3.19. The fourth-order valence-corrected chi connectivity index (χ4v) is 5.76. The van der Waals surface area contributed by atoms with E-state index < -0.39 is 39.3 Å². The molecule has 2 heterocycles. The molecule has 0 aliphatic carbocycles. The molecule has 174 valence electrons. The number of carbonyl (C=O) groups excluding carboxylic acids is 3. The monoisotopic (exact) mass is 464 g/mol. The van der Waals surface area contributed by atoms with Gasteiger partial charge < -0.3 is 15.4 Å². The van der Waals surface area contributed by atoms with Crippen molar-refractivity contribution in [2.24, 2.45) is 5.92 Å². The predicted octanol–water partition coefficient (Wildman–Crippen LogP) is 0.944. The van der Waals surface area contributed by atoms with Gasteiger partial charge in [0.15, 0.2) is 21.6 Å². The van der Waals surface area contributed by atoms with E-state index in [1.807, 2.05) is 6.07 Å². The van der Waals surface area contributed by atoms with Gasteiger partial charge in [-0.25, -0.2) is 8.42 Å². The van der Waals surface area contributed by atoms with E-state index in [1.165, 1.54) is 0 Å². The minimum Gasteiger partial charge on any atom is -0.452 e. The number of hydrogen-bond acceptors (Lipinski definition) is 7. The Morgan fingerprint density at radius 1 is 1.25 bits per heavy atom. The van der Waals surface area contributed by atoms with Crippen LogP contribution >= 0.6 is 0 Å². The van der Waals surface area contributed by atoms with Gasteiger partial charge in [0.05, 0.1) is 29.0 Å². The van der Waals surface area contributed by atoms with E-state index in [0.29, 0.717) is 11.8 Å². The first kappa shape index (κ1) is 23.7. The van der Waals surface area contributed by atoms with Crippen LogP contribution in [0.25, 0.3) is 10.9 Å². The first-order valence-electron chi connectivity index (χ1n) is 10.4. The van der Waals surface area contributed by atoms with Crippen LogP contribution in [0, 0.1) is 5.92 Å². The Balaban J connectivity index is 1.51. The molecule has 1 aromatic carbocycles. The lowest BCUT2D eigenvalue weighted by molar-refractivity contribution is -0.159. The zero-order valence-electron chi connectivity index (χ0n) is 18.3. The van der Waals surface area contributed by atoms with Gasteiger partial charge in [0.2, 0.25) is 0 Å². The molecule has 1 saturated heterocycles. The molecule has 0 saturated carbocycles. The molecule has 0 spiro atoms. The predicted molar refractivity (Wildman–Crippen MR) is 118 cm³/mol. The number of hydrogen-bond donors (Lipinski definition) is 3. The second-order valence-electron chi connectivity index (χ2n) is 8.67. The summed E-state index contributed by atoms with van der Waals surface area (Å²) < 4.78 is 28.9. The smallest absolute Gasteiger partial charge is 0.308 e. The van der Waals surface area contributed by atoms with Crippen molar-refractivity contribution in [3.05, 3.63) is 30.0 Å². The number of amides is 2. The third kappa shape index (κ3) is 5.64. The van der Waals surface area contributed by atoms with Crippen LogP contribution in [-0.4, -0.2) is 66.1 Å². The lowest BCUT2D eigenvalue weighted by Crippen LogP contribution is -2.52. The van der Waals surface area contributed by atoms with Crippen LogP contribution in [0.3, 0.4) is 0 Å². The van der Waals surface area contributed by atoms with Gasteiger partial charge in [-0.1, -0.05) is 32.0 Å². The largest absolute Gasteiger partial charge is 0.452 e. The standard InChI is InChI=1S/C21H28N4O6S/c1-13(2)18(20(28)23-21(3)9-11-32(29,30)12-21)31-16(26)8-10-22-19(27)17-14-6-4-5-7-15(14)24-25-17/h4-7,13,18H,8-12H2,1-3H3,(H,22,27)(H,23,28)(H,24,25). The van der Waals surface area contributed by atoms with Gasteiger partial charge in [0.25, 0.3) is 11.8 Å². The van der Waals surface area contributed by atoms with E-state index in [4.69, 9.17) is 4.74 Å². The molecule has 0 bridgehead atoms. The number of sulfone groups is 1. The topological polar surface area (TPSA) is 147 Å². The Kier molecular flexibility index (Phi) is 6.87. The van der Waals surface area contributed by atoms with Crippen molar-refractivity contribution in [2.75, 3.05) is 18.1 Å². The number of fused-ring (bicyclic) bond motifs is 1. The lowest BCUT2D eigenvalue weighted by Gasteiger charge is -2.28. The summed E-state index contributed by atoms with van der Waals surface area (Å²) >= 11 is 0. The summed E-state index contributed by atoms with van der Waals surface area (Å²) in [5.41, 5.74) is 0.0789. The summed E-state index contributed by atoms with van der Waals surface area (Å²) in [7, 11) is -3.19. The number of aromatic amines is 1. The van der Waals surface area contributed by atoms with Gasteiger partial charge >= 0.3 is 5.97 Å². The van der Waals surface area contributed by atoms with Gasteiger partial charge in [-0.2, -0.15) is 5.10 Å². The Bertz CT molecular complexity index is 1130. The fraction of sp³-hybridized carbons (Fsp3) is 0.524. The zero-order valence-corrected chi connectivity index (χ0v) is 19.1. The Morgan fingerprint density at radius 3 is 2.62 bits per heavy atom. The average molecular weight is 465 g/mol. The highest BCUT2D eigenvalue weighted by Gasteiger charge is 2.41. The molecule has 3 rings (SSSR count). The quantitative estimate of drug-likeness (QED) is 0.493. The first-order valence-corrected chi connectivity index (χ1v) is 12.2. The van der Waals surface area contributed by atoms with Crippen LogP contribution in [0.15, 0.2) is 24.3 Å². The number of H-pyrrole nitrogens is 1. The number of nitrogens with zero attached hydrogens (tertiary/aromatic N) is 1. The van der Waals surface area contributed by atoms with Crippen molar-refractivity contribution in [1.82, 2.24) is 20.8 Å². The Hall–Kier alpha value is -2.95. The van der Waals surface area contributed by atoms with Crippen LogP contribution in [0.1, 0.15) is 44.1 Å². The number of aromatic nitrogens is 2. The molecular formula is C21H28N4O6S.